The first-order valence-electron chi connectivity index (χ1n) is 8.75. The van der Waals surface area contributed by atoms with Crippen LogP contribution >= 0.6 is 0 Å². The van der Waals surface area contributed by atoms with E-state index in [9.17, 15) is 0 Å². The van der Waals surface area contributed by atoms with Crippen LogP contribution in [-0.2, 0) is 4.74 Å². The number of hydrogen-bond donors (Lipinski definition) is 1. The number of nitrogens with one attached hydrogen (secondary N) is 1. The Bertz CT molecular complexity index is 266. The zero-order valence-corrected chi connectivity index (χ0v) is 13.7. The summed E-state index contributed by atoms with van der Waals surface area (Å²) < 4.78 is 5.54. The van der Waals surface area contributed by atoms with Crippen LogP contribution in [-0.4, -0.2) is 50.3 Å². The quantitative estimate of drug-likeness (QED) is 0.777. The Balaban J connectivity index is 1.88. The largest absolute Gasteiger partial charge is 0.380 e. The second-order valence-electron chi connectivity index (χ2n) is 6.85. The minimum Gasteiger partial charge on any atom is -0.380 e. The summed E-state index contributed by atoms with van der Waals surface area (Å²) >= 11 is 0. The molecule has 0 aromatic heterocycles. The number of likely N-dealkylation sites (N-methyl/N-ethyl adjacent to an activating group) is 1. The van der Waals surface area contributed by atoms with E-state index in [1.54, 1.807) is 0 Å². The van der Waals surface area contributed by atoms with Gasteiger partial charge >= 0.3 is 0 Å². The first-order valence-corrected chi connectivity index (χ1v) is 8.75. The maximum Gasteiger partial charge on any atom is 0.0622 e. The van der Waals surface area contributed by atoms with Crippen molar-refractivity contribution in [1.82, 2.24) is 10.2 Å². The first kappa shape index (κ1) is 16.3. The van der Waals surface area contributed by atoms with Crippen molar-refractivity contribution in [2.75, 3.05) is 33.4 Å². The molecule has 2 fully saturated rings. The van der Waals surface area contributed by atoms with E-state index in [0.717, 1.165) is 37.6 Å². The van der Waals surface area contributed by atoms with Crippen LogP contribution in [0.25, 0.3) is 0 Å². The van der Waals surface area contributed by atoms with Gasteiger partial charge in [0, 0.05) is 25.2 Å². The third-order valence-electron chi connectivity index (χ3n) is 5.31. The van der Waals surface area contributed by atoms with Crippen molar-refractivity contribution in [3.8, 4) is 0 Å². The molecule has 0 bridgehead atoms. The highest BCUT2D eigenvalue weighted by Gasteiger charge is 2.32. The molecule has 3 heteroatoms. The molecule has 1 saturated carbocycles. The van der Waals surface area contributed by atoms with Crippen molar-refractivity contribution in [3.63, 3.8) is 0 Å². The molecule has 2 rings (SSSR count). The van der Waals surface area contributed by atoms with Crippen LogP contribution < -0.4 is 5.32 Å². The van der Waals surface area contributed by atoms with Crippen molar-refractivity contribution in [3.05, 3.63) is 0 Å². The molecule has 118 valence electrons. The van der Waals surface area contributed by atoms with Crippen LogP contribution in [0, 0.1) is 11.8 Å². The standard InChI is InChI=1S/C17H34N2O/c1-4-6-14-7-8-17(18-5-2)15(11-14)12-19(3)16-9-10-20-13-16/h14-18H,4-13H2,1-3H3. The Morgan fingerprint density at radius 3 is 2.70 bits per heavy atom. The Labute approximate surface area is 125 Å². The molecule has 3 nitrogen and oxygen atoms in total. The van der Waals surface area contributed by atoms with Crippen LogP contribution in [0.15, 0.2) is 0 Å². The smallest absolute Gasteiger partial charge is 0.0622 e. The minimum absolute atomic E-state index is 0.656. The average molecular weight is 282 g/mol. The molecule has 20 heavy (non-hydrogen) atoms. The van der Waals surface area contributed by atoms with Gasteiger partial charge in [0.15, 0.2) is 0 Å². The summed E-state index contributed by atoms with van der Waals surface area (Å²) in [5, 5.41) is 3.74. The van der Waals surface area contributed by atoms with E-state index < -0.39 is 0 Å². The van der Waals surface area contributed by atoms with Gasteiger partial charge in [-0.15, -0.1) is 0 Å². The van der Waals surface area contributed by atoms with E-state index >= 15 is 0 Å². The van der Waals surface area contributed by atoms with Gasteiger partial charge in [-0.25, -0.2) is 0 Å². The Morgan fingerprint density at radius 2 is 2.05 bits per heavy atom. The number of hydrogen-bond acceptors (Lipinski definition) is 3. The molecular weight excluding hydrogens is 248 g/mol. The summed E-state index contributed by atoms with van der Waals surface area (Å²) in [5.41, 5.74) is 0. The maximum atomic E-state index is 5.54. The van der Waals surface area contributed by atoms with Crippen LogP contribution in [0.3, 0.4) is 0 Å². The molecule has 2 aliphatic rings. The number of nitrogens with zero attached hydrogens (tertiary/aromatic N) is 1. The zero-order chi connectivity index (χ0) is 14.4. The van der Waals surface area contributed by atoms with Crippen LogP contribution in [0.4, 0.5) is 0 Å². The molecule has 0 amide bonds. The van der Waals surface area contributed by atoms with E-state index in [0.29, 0.717) is 6.04 Å². The summed E-state index contributed by atoms with van der Waals surface area (Å²) in [6, 6.07) is 1.39. The normalized spacial score (nSPS) is 34.8. The SMILES string of the molecule is CCCC1CCC(NCC)C(CN(C)C2CCOC2)C1. The molecule has 1 N–H and O–H groups in total. The van der Waals surface area contributed by atoms with E-state index in [1.807, 2.05) is 0 Å². The van der Waals surface area contributed by atoms with Gasteiger partial charge in [-0.3, -0.25) is 0 Å². The highest BCUT2D eigenvalue weighted by molar-refractivity contribution is 4.87. The third kappa shape index (κ3) is 4.44. The lowest BCUT2D eigenvalue weighted by Gasteiger charge is -2.39. The molecule has 4 unspecified atom stereocenters. The molecule has 0 aromatic rings. The Morgan fingerprint density at radius 1 is 1.20 bits per heavy atom. The zero-order valence-electron chi connectivity index (χ0n) is 13.7. The van der Waals surface area contributed by atoms with Crippen molar-refractivity contribution < 1.29 is 4.74 Å². The van der Waals surface area contributed by atoms with Crippen molar-refractivity contribution in [1.29, 1.82) is 0 Å². The van der Waals surface area contributed by atoms with Gasteiger partial charge in [0.05, 0.1) is 6.61 Å². The number of rotatable bonds is 7. The molecule has 0 spiro atoms. The predicted molar refractivity (Wildman–Crippen MR) is 85.1 cm³/mol. The molecule has 1 saturated heterocycles. The monoisotopic (exact) mass is 282 g/mol. The van der Waals surface area contributed by atoms with Crippen molar-refractivity contribution >= 4 is 0 Å². The second kappa shape index (κ2) is 8.35. The average Bonchev–Trinajstić information content (AvgIpc) is 2.96. The lowest BCUT2D eigenvalue weighted by atomic mass is 9.76. The fraction of sp³-hybridized carbons (Fsp3) is 1.00. The summed E-state index contributed by atoms with van der Waals surface area (Å²) in [6.07, 6.45) is 8.20. The predicted octanol–water partition coefficient (Wildman–Crippen LogP) is 2.90. The summed E-state index contributed by atoms with van der Waals surface area (Å²) in [5.74, 6) is 1.79. The fourth-order valence-electron chi connectivity index (χ4n) is 4.15. The molecular formula is C17H34N2O. The van der Waals surface area contributed by atoms with Gasteiger partial charge in [0.25, 0.3) is 0 Å². The lowest BCUT2D eigenvalue weighted by molar-refractivity contribution is 0.113. The second-order valence-corrected chi connectivity index (χ2v) is 6.85. The van der Waals surface area contributed by atoms with Gasteiger partial charge in [-0.2, -0.15) is 0 Å². The van der Waals surface area contributed by atoms with Crippen molar-refractivity contribution in [2.24, 2.45) is 11.8 Å². The molecule has 1 aliphatic heterocycles. The van der Waals surface area contributed by atoms with Gasteiger partial charge in [0.1, 0.15) is 0 Å². The molecule has 0 radical (unpaired) electrons. The van der Waals surface area contributed by atoms with Crippen LogP contribution in [0.1, 0.15) is 52.4 Å². The summed E-state index contributed by atoms with van der Waals surface area (Å²) in [7, 11) is 2.30. The maximum absolute atomic E-state index is 5.54. The molecule has 0 aromatic carbocycles. The van der Waals surface area contributed by atoms with Gasteiger partial charge in [-0.05, 0) is 51.1 Å². The van der Waals surface area contributed by atoms with Crippen molar-refractivity contribution in [2.45, 2.75) is 64.5 Å². The Kier molecular flexibility index (Phi) is 6.79. The first-order chi connectivity index (χ1) is 9.74. The third-order valence-corrected chi connectivity index (χ3v) is 5.31. The van der Waals surface area contributed by atoms with Gasteiger partial charge in [0.2, 0.25) is 0 Å². The molecule has 1 aliphatic carbocycles. The van der Waals surface area contributed by atoms with Crippen LogP contribution in [0.2, 0.25) is 0 Å². The minimum atomic E-state index is 0.656. The Hall–Kier alpha value is -0.120. The highest BCUT2D eigenvalue weighted by Crippen LogP contribution is 2.33. The van der Waals surface area contributed by atoms with Gasteiger partial charge < -0.3 is 15.0 Å². The lowest BCUT2D eigenvalue weighted by Crippen LogP contribution is -2.47. The summed E-state index contributed by atoms with van der Waals surface area (Å²) in [4.78, 5) is 2.57. The fourth-order valence-corrected chi connectivity index (χ4v) is 4.15. The number of ether oxygens (including phenoxy) is 1. The van der Waals surface area contributed by atoms with E-state index in [1.165, 1.54) is 45.1 Å². The highest BCUT2D eigenvalue weighted by atomic mass is 16.5. The van der Waals surface area contributed by atoms with Gasteiger partial charge in [-0.1, -0.05) is 26.7 Å². The summed E-state index contributed by atoms with van der Waals surface area (Å²) in [6.45, 7) is 8.81. The van der Waals surface area contributed by atoms with E-state index in [2.05, 4.69) is 31.1 Å². The molecule has 1 heterocycles. The van der Waals surface area contributed by atoms with E-state index in [4.69, 9.17) is 4.74 Å². The topological polar surface area (TPSA) is 24.5 Å². The molecule has 4 atom stereocenters. The van der Waals surface area contributed by atoms with E-state index in [-0.39, 0.29) is 0 Å². The van der Waals surface area contributed by atoms with Crippen LogP contribution in [0.5, 0.6) is 0 Å².